The van der Waals surface area contributed by atoms with Gasteiger partial charge in [0.25, 0.3) is 0 Å². The van der Waals surface area contributed by atoms with Gasteiger partial charge < -0.3 is 20.4 Å². The zero-order valence-corrected chi connectivity index (χ0v) is 22.0. The van der Waals surface area contributed by atoms with Crippen LogP contribution in [-0.4, -0.2) is 50.5 Å². The number of carboxylic acids is 1. The van der Waals surface area contributed by atoms with Crippen molar-refractivity contribution in [2.75, 3.05) is 0 Å². The monoisotopic (exact) mass is 488 g/mol. The number of rotatable bonds is 6. The Hall–Kier alpha value is -1.50. The molecule has 2 fully saturated rings. The average Bonchev–Trinajstić information content (AvgIpc) is 3.16. The number of Topliss-reactive ketones (excluding diaryl/α,β-unsaturated/α-hetero) is 1. The number of carbonyl (C=O) groups excluding carboxylic acids is 1. The van der Waals surface area contributed by atoms with E-state index in [2.05, 4.69) is 20.4 Å². The highest BCUT2D eigenvalue weighted by atomic mass is 16.4. The van der Waals surface area contributed by atoms with Crippen molar-refractivity contribution in [3.05, 3.63) is 23.3 Å². The van der Waals surface area contributed by atoms with Crippen LogP contribution in [0.15, 0.2) is 23.3 Å². The van der Waals surface area contributed by atoms with E-state index in [-0.39, 0.29) is 35.4 Å². The van der Waals surface area contributed by atoms with Crippen LogP contribution < -0.4 is 0 Å². The molecule has 0 aromatic carbocycles. The number of carbonyl (C=O) groups is 2. The fraction of sp³-hybridized carbons (Fsp3) is 0.793. The van der Waals surface area contributed by atoms with Crippen LogP contribution in [0.2, 0.25) is 0 Å². The molecule has 35 heavy (non-hydrogen) atoms. The van der Waals surface area contributed by atoms with E-state index in [1.165, 1.54) is 0 Å². The predicted molar refractivity (Wildman–Crippen MR) is 133 cm³/mol. The van der Waals surface area contributed by atoms with Gasteiger partial charge in [-0.05, 0) is 92.4 Å². The maximum atomic E-state index is 13.9. The fourth-order valence-corrected chi connectivity index (χ4v) is 8.66. The molecule has 4 aliphatic rings. The van der Waals surface area contributed by atoms with Crippen LogP contribution in [-0.2, 0) is 9.59 Å². The van der Waals surface area contributed by atoms with Crippen LogP contribution in [0.1, 0.15) is 79.6 Å². The molecule has 0 bridgehead atoms. The third-order valence-electron chi connectivity index (χ3n) is 11.1. The van der Waals surface area contributed by atoms with Crippen molar-refractivity contribution in [2.24, 2.45) is 46.3 Å². The Kier molecular flexibility index (Phi) is 6.91. The largest absolute Gasteiger partial charge is 0.481 e. The average molecular weight is 489 g/mol. The van der Waals surface area contributed by atoms with E-state index in [1.54, 1.807) is 6.92 Å². The summed E-state index contributed by atoms with van der Waals surface area (Å²) in [6.07, 6.45) is 2.67. The van der Waals surface area contributed by atoms with Crippen molar-refractivity contribution in [2.45, 2.75) is 97.9 Å². The van der Waals surface area contributed by atoms with Crippen molar-refractivity contribution in [1.29, 1.82) is 0 Å². The molecule has 0 aromatic heterocycles. The lowest BCUT2D eigenvalue weighted by Crippen LogP contribution is -2.59. The van der Waals surface area contributed by atoms with Crippen molar-refractivity contribution in [1.82, 2.24) is 0 Å². The number of aliphatic hydroxyl groups excluding tert-OH is 3. The molecule has 196 valence electrons. The third kappa shape index (κ3) is 3.86. The van der Waals surface area contributed by atoms with Crippen LogP contribution in [0.4, 0.5) is 0 Å². The first kappa shape index (κ1) is 26.6. The summed E-state index contributed by atoms with van der Waals surface area (Å²) >= 11 is 0. The highest BCUT2D eigenvalue weighted by Gasteiger charge is 2.64. The second-order valence-corrected chi connectivity index (χ2v) is 12.7. The molecule has 0 saturated heterocycles. The first-order valence-electron chi connectivity index (χ1n) is 13.5. The molecule has 1 unspecified atom stereocenters. The van der Waals surface area contributed by atoms with Gasteiger partial charge >= 0.3 is 5.97 Å². The van der Waals surface area contributed by atoms with Gasteiger partial charge in [-0.15, -0.1) is 0 Å². The molecule has 4 aliphatic carbocycles. The number of hydrogen-bond acceptors (Lipinski definition) is 5. The Labute approximate surface area is 209 Å². The van der Waals surface area contributed by atoms with Gasteiger partial charge in [0, 0.05) is 11.0 Å². The highest BCUT2D eigenvalue weighted by molar-refractivity contribution is 6.03. The lowest BCUT2D eigenvalue weighted by Gasteiger charge is -2.58. The zero-order valence-electron chi connectivity index (χ0n) is 22.0. The normalized spacial score (nSPS) is 44.8. The summed E-state index contributed by atoms with van der Waals surface area (Å²) in [7, 11) is 0. The molecule has 6 nitrogen and oxygen atoms in total. The number of aliphatic carboxylic acids is 1. The van der Waals surface area contributed by atoms with Gasteiger partial charge in [0.05, 0.1) is 18.1 Å². The molecule has 0 heterocycles. The Morgan fingerprint density at radius 1 is 1.14 bits per heavy atom. The first-order valence-corrected chi connectivity index (χ1v) is 13.5. The smallest absolute Gasteiger partial charge is 0.310 e. The van der Waals surface area contributed by atoms with Gasteiger partial charge in [-0.1, -0.05) is 39.8 Å². The van der Waals surface area contributed by atoms with Crippen LogP contribution >= 0.6 is 0 Å². The van der Waals surface area contributed by atoms with Crippen molar-refractivity contribution in [3.63, 3.8) is 0 Å². The molecule has 0 aromatic rings. The summed E-state index contributed by atoms with van der Waals surface area (Å²) < 4.78 is 0. The summed E-state index contributed by atoms with van der Waals surface area (Å²) in [5.41, 5.74) is 1.14. The maximum Gasteiger partial charge on any atom is 0.310 e. The molecule has 4 rings (SSSR count). The van der Waals surface area contributed by atoms with Crippen molar-refractivity contribution in [3.8, 4) is 0 Å². The Balaban J connectivity index is 1.65. The summed E-state index contributed by atoms with van der Waals surface area (Å²) in [4.78, 5) is 25.3. The van der Waals surface area contributed by atoms with E-state index in [9.17, 15) is 30.0 Å². The van der Waals surface area contributed by atoms with E-state index in [0.29, 0.717) is 36.8 Å². The Morgan fingerprint density at radius 2 is 1.80 bits per heavy atom. The van der Waals surface area contributed by atoms with Gasteiger partial charge in [-0.3, -0.25) is 9.59 Å². The Bertz CT molecular complexity index is 937. The summed E-state index contributed by atoms with van der Waals surface area (Å²) in [6.45, 7) is 13.9. The van der Waals surface area contributed by atoms with Gasteiger partial charge in [0.1, 0.15) is 6.10 Å². The topological polar surface area (TPSA) is 115 Å². The molecular weight excluding hydrogens is 444 g/mol. The van der Waals surface area contributed by atoms with Crippen molar-refractivity contribution >= 4 is 11.8 Å². The molecule has 0 amide bonds. The maximum absolute atomic E-state index is 13.9. The van der Waals surface area contributed by atoms with Crippen LogP contribution in [0.5, 0.6) is 0 Å². The molecule has 0 spiro atoms. The van der Waals surface area contributed by atoms with E-state index in [0.717, 1.165) is 24.8 Å². The van der Waals surface area contributed by atoms with E-state index in [1.807, 2.05) is 13.8 Å². The molecule has 6 heteroatoms. The summed E-state index contributed by atoms with van der Waals surface area (Å²) in [6, 6.07) is 0. The van der Waals surface area contributed by atoms with Crippen molar-refractivity contribution < 1.29 is 30.0 Å². The van der Waals surface area contributed by atoms with Crippen LogP contribution in [0.25, 0.3) is 0 Å². The van der Waals surface area contributed by atoms with Gasteiger partial charge in [-0.2, -0.15) is 0 Å². The fourth-order valence-electron chi connectivity index (χ4n) is 8.66. The lowest BCUT2D eigenvalue weighted by molar-refractivity contribution is -0.144. The lowest BCUT2D eigenvalue weighted by atomic mass is 9.47. The van der Waals surface area contributed by atoms with E-state index < -0.39 is 41.0 Å². The first-order chi connectivity index (χ1) is 16.3. The van der Waals surface area contributed by atoms with Gasteiger partial charge in [-0.25, -0.2) is 0 Å². The second-order valence-electron chi connectivity index (χ2n) is 12.7. The Morgan fingerprint density at radius 3 is 2.43 bits per heavy atom. The molecule has 2 saturated carbocycles. The second kappa shape index (κ2) is 9.11. The van der Waals surface area contributed by atoms with Crippen LogP contribution in [0.3, 0.4) is 0 Å². The minimum Gasteiger partial charge on any atom is -0.481 e. The number of aliphatic hydroxyl groups is 3. The van der Waals surface area contributed by atoms with Crippen LogP contribution in [0, 0.1) is 46.3 Å². The number of carboxylic acid groups (broad SMARTS) is 1. The standard InChI is InChI=1S/C29H44O6/c1-14(16(3)27(34)35)7-8-15(2)18-9-10-19-23-22(31)13-20-17(4)21(30)11-12-28(20,5)24(23)25(32)26(33)29(18,19)6/h15-22,26,30-31,33H,1,7-13H2,2-6H3,(H,34,35)/t15-,16?,17+,18-,19+,20+,21-,22+,26+,28+,29-/m1/s1. The van der Waals surface area contributed by atoms with E-state index >= 15 is 0 Å². The predicted octanol–water partition coefficient (Wildman–Crippen LogP) is 4.13. The number of fused-ring (bicyclic) bond motifs is 4. The minimum absolute atomic E-state index is 0.00616. The summed E-state index contributed by atoms with van der Waals surface area (Å²) in [5, 5.41) is 42.8. The quantitative estimate of drug-likeness (QED) is 0.418. The SMILES string of the molecule is C=C(CC[C@@H](C)[C@H]1CC[C@H]2C3=C(C(=O)[C@H](O)[C@]12C)[C@@]1(C)CC[C@@H](O)[C@@H](C)[C@@H]1C[C@@H]3O)C(C)C(=O)O. The molecule has 4 N–H and O–H groups in total. The van der Waals surface area contributed by atoms with E-state index in [4.69, 9.17) is 0 Å². The van der Waals surface area contributed by atoms with Gasteiger partial charge in [0.2, 0.25) is 0 Å². The molecule has 0 aliphatic heterocycles. The minimum atomic E-state index is -1.12. The number of hydrogen-bond donors (Lipinski definition) is 4. The summed E-state index contributed by atoms with van der Waals surface area (Å²) in [5.74, 6) is -1.45. The number of ketones is 1. The highest BCUT2D eigenvalue weighted by Crippen LogP contribution is 2.65. The molecule has 0 radical (unpaired) electrons. The van der Waals surface area contributed by atoms with Gasteiger partial charge in [0.15, 0.2) is 5.78 Å². The molecular formula is C29H44O6. The molecule has 11 atom stereocenters. The third-order valence-corrected chi connectivity index (χ3v) is 11.1. The zero-order chi connectivity index (χ0) is 26.0.